The van der Waals surface area contributed by atoms with Crippen LogP contribution in [0.3, 0.4) is 0 Å². The maximum absolute atomic E-state index is 6.31. The van der Waals surface area contributed by atoms with Crippen molar-refractivity contribution >= 4 is 0 Å². The van der Waals surface area contributed by atoms with Crippen LogP contribution in [0, 0.1) is 17.3 Å². The minimum absolute atomic E-state index is 0.421. The van der Waals surface area contributed by atoms with Crippen molar-refractivity contribution in [3.63, 3.8) is 0 Å². The van der Waals surface area contributed by atoms with Crippen molar-refractivity contribution in [3.05, 3.63) is 0 Å². The van der Waals surface area contributed by atoms with Crippen molar-refractivity contribution in [2.75, 3.05) is 19.6 Å². The van der Waals surface area contributed by atoms with Crippen LogP contribution >= 0.6 is 0 Å². The van der Waals surface area contributed by atoms with E-state index in [1.54, 1.807) is 0 Å². The average Bonchev–Trinajstić information content (AvgIpc) is 2.21. The van der Waals surface area contributed by atoms with Crippen LogP contribution in [0.15, 0.2) is 0 Å². The van der Waals surface area contributed by atoms with E-state index in [1.165, 1.54) is 32.4 Å². The molecule has 1 aliphatic rings. The molecule has 2 unspecified atom stereocenters. The molecule has 2 heteroatoms. The number of nitrogens with zero attached hydrogens (tertiary/aromatic N) is 1. The van der Waals surface area contributed by atoms with E-state index < -0.39 is 0 Å². The van der Waals surface area contributed by atoms with Gasteiger partial charge in [0.15, 0.2) is 0 Å². The van der Waals surface area contributed by atoms with Gasteiger partial charge in [-0.25, -0.2) is 0 Å². The third-order valence-electron chi connectivity index (χ3n) is 4.14. The zero-order valence-electron chi connectivity index (χ0n) is 12.5. The average molecular weight is 240 g/mol. The molecule has 0 radical (unpaired) electrons. The highest BCUT2D eigenvalue weighted by molar-refractivity contribution is 4.88. The molecule has 2 atom stereocenters. The Morgan fingerprint density at radius 2 is 2.00 bits per heavy atom. The van der Waals surface area contributed by atoms with Crippen molar-refractivity contribution in [2.45, 2.75) is 59.9 Å². The number of rotatable bonds is 5. The van der Waals surface area contributed by atoms with E-state index in [4.69, 9.17) is 5.73 Å². The molecule has 0 bridgehead atoms. The summed E-state index contributed by atoms with van der Waals surface area (Å²) in [6.07, 6.45) is 3.79. The molecule has 17 heavy (non-hydrogen) atoms. The molecule has 102 valence electrons. The molecule has 0 heterocycles. The predicted molar refractivity (Wildman–Crippen MR) is 76.0 cm³/mol. The number of nitrogens with two attached hydrogens (primary N) is 1. The summed E-state index contributed by atoms with van der Waals surface area (Å²) in [6, 6.07) is 0.421. The van der Waals surface area contributed by atoms with Crippen molar-refractivity contribution in [1.82, 2.24) is 4.90 Å². The normalized spacial score (nSPS) is 28.9. The van der Waals surface area contributed by atoms with Crippen LogP contribution in [0.1, 0.15) is 53.9 Å². The first-order valence-electron chi connectivity index (χ1n) is 7.32. The summed E-state index contributed by atoms with van der Waals surface area (Å²) in [5.74, 6) is 1.44. The molecule has 1 rings (SSSR count). The Hall–Kier alpha value is -0.0800. The molecule has 0 aromatic rings. The summed E-state index contributed by atoms with van der Waals surface area (Å²) in [5.41, 5.74) is 6.81. The molecule has 0 spiro atoms. The van der Waals surface area contributed by atoms with Gasteiger partial charge in [-0.05, 0) is 43.1 Å². The topological polar surface area (TPSA) is 29.3 Å². The highest BCUT2D eigenvalue weighted by atomic mass is 15.1. The lowest BCUT2D eigenvalue weighted by atomic mass is 9.70. The van der Waals surface area contributed by atoms with E-state index in [2.05, 4.69) is 39.5 Å². The van der Waals surface area contributed by atoms with E-state index in [0.717, 1.165) is 12.5 Å². The first kappa shape index (κ1) is 15.0. The van der Waals surface area contributed by atoms with E-state index in [0.29, 0.717) is 17.4 Å². The largest absolute Gasteiger partial charge is 0.327 e. The van der Waals surface area contributed by atoms with Crippen molar-refractivity contribution < 1.29 is 0 Å². The minimum Gasteiger partial charge on any atom is -0.327 e. The second-order valence-corrected chi connectivity index (χ2v) is 7.08. The maximum Gasteiger partial charge on any atom is 0.00797 e. The minimum atomic E-state index is 0.421. The van der Waals surface area contributed by atoms with Crippen molar-refractivity contribution in [2.24, 2.45) is 23.0 Å². The standard InChI is InChI=1S/C15H32N2/c1-6-17(10-12(2)3)11-13-9-15(4,5)8-7-14(13)16/h12-14H,6-11,16H2,1-5H3. The lowest BCUT2D eigenvalue weighted by Gasteiger charge is -2.41. The van der Waals surface area contributed by atoms with Crippen molar-refractivity contribution in [1.29, 1.82) is 0 Å². The molecule has 2 nitrogen and oxygen atoms in total. The zero-order valence-corrected chi connectivity index (χ0v) is 12.5. The van der Waals surface area contributed by atoms with E-state index in [9.17, 15) is 0 Å². The first-order chi connectivity index (χ1) is 7.84. The Bertz CT molecular complexity index is 223. The molecule has 0 amide bonds. The fourth-order valence-corrected chi connectivity index (χ4v) is 3.14. The van der Waals surface area contributed by atoms with Gasteiger partial charge in [-0.3, -0.25) is 0 Å². The van der Waals surface area contributed by atoms with E-state index >= 15 is 0 Å². The quantitative estimate of drug-likeness (QED) is 0.800. The summed E-state index contributed by atoms with van der Waals surface area (Å²) >= 11 is 0. The van der Waals surface area contributed by atoms with Gasteiger partial charge >= 0.3 is 0 Å². The van der Waals surface area contributed by atoms with E-state index in [-0.39, 0.29) is 0 Å². The van der Waals surface area contributed by atoms with E-state index in [1.807, 2.05) is 0 Å². The van der Waals surface area contributed by atoms with Crippen LogP contribution < -0.4 is 5.73 Å². The second-order valence-electron chi connectivity index (χ2n) is 7.08. The maximum atomic E-state index is 6.31. The molecule has 1 fully saturated rings. The van der Waals surface area contributed by atoms with Gasteiger partial charge in [0.2, 0.25) is 0 Å². The number of hydrogen-bond acceptors (Lipinski definition) is 2. The van der Waals surface area contributed by atoms with Gasteiger partial charge in [-0.1, -0.05) is 34.6 Å². The van der Waals surface area contributed by atoms with Crippen LogP contribution in [-0.2, 0) is 0 Å². The number of hydrogen-bond donors (Lipinski definition) is 1. The fourth-order valence-electron chi connectivity index (χ4n) is 3.14. The lowest BCUT2D eigenvalue weighted by molar-refractivity contribution is 0.111. The molecule has 0 aromatic carbocycles. The fraction of sp³-hybridized carbons (Fsp3) is 1.00. The third-order valence-corrected chi connectivity index (χ3v) is 4.14. The molecular weight excluding hydrogens is 208 g/mol. The Balaban J connectivity index is 2.52. The van der Waals surface area contributed by atoms with Gasteiger partial charge < -0.3 is 10.6 Å². The van der Waals surface area contributed by atoms with Crippen LogP contribution in [0.5, 0.6) is 0 Å². The molecule has 2 N–H and O–H groups in total. The molecule has 1 saturated carbocycles. The van der Waals surface area contributed by atoms with Gasteiger partial charge in [-0.2, -0.15) is 0 Å². The Morgan fingerprint density at radius 3 is 2.53 bits per heavy atom. The molecule has 0 saturated heterocycles. The SMILES string of the molecule is CCN(CC(C)C)CC1CC(C)(C)CCC1N. The Labute approximate surface area is 108 Å². The van der Waals surface area contributed by atoms with Crippen molar-refractivity contribution in [3.8, 4) is 0 Å². The third kappa shape index (κ3) is 4.97. The smallest absolute Gasteiger partial charge is 0.00797 e. The highest BCUT2D eigenvalue weighted by Crippen LogP contribution is 2.38. The van der Waals surface area contributed by atoms with Crippen LogP contribution in [0.2, 0.25) is 0 Å². The van der Waals surface area contributed by atoms with Gasteiger partial charge in [-0.15, -0.1) is 0 Å². The zero-order chi connectivity index (χ0) is 13.1. The Kier molecular flexibility index (Phi) is 5.46. The molecule has 1 aliphatic carbocycles. The summed E-state index contributed by atoms with van der Waals surface area (Å²) in [6.45, 7) is 15.2. The van der Waals surface area contributed by atoms with Gasteiger partial charge in [0.1, 0.15) is 0 Å². The monoisotopic (exact) mass is 240 g/mol. The van der Waals surface area contributed by atoms with Crippen LogP contribution in [-0.4, -0.2) is 30.6 Å². The molecule has 0 aromatic heterocycles. The second kappa shape index (κ2) is 6.19. The van der Waals surface area contributed by atoms with Gasteiger partial charge in [0, 0.05) is 19.1 Å². The van der Waals surface area contributed by atoms with Crippen LogP contribution in [0.4, 0.5) is 0 Å². The van der Waals surface area contributed by atoms with Crippen LogP contribution in [0.25, 0.3) is 0 Å². The summed E-state index contributed by atoms with van der Waals surface area (Å²) in [7, 11) is 0. The summed E-state index contributed by atoms with van der Waals surface area (Å²) in [4.78, 5) is 2.58. The molecular formula is C15H32N2. The summed E-state index contributed by atoms with van der Waals surface area (Å²) < 4.78 is 0. The predicted octanol–water partition coefficient (Wildman–Crippen LogP) is 3.12. The first-order valence-corrected chi connectivity index (χ1v) is 7.32. The van der Waals surface area contributed by atoms with Gasteiger partial charge in [0.05, 0.1) is 0 Å². The molecule has 0 aliphatic heterocycles. The lowest BCUT2D eigenvalue weighted by Crippen LogP contribution is -2.45. The highest BCUT2D eigenvalue weighted by Gasteiger charge is 2.33. The van der Waals surface area contributed by atoms with Gasteiger partial charge in [0.25, 0.3) is 0 Å². The summed E-state index contributed by atoms with van der Waals surface area (Å²) in [5, 5.41) is 0. The Morgan fingerprint density at radius 1 is 1.35 bits per heavy atom.